The highest BCUT2D eigenvalue weighted by Crippen LogP contribution is 2.24. The lowest BCUT2D eigenvalue weighted by molar-refractivity contribution is -0.901. The third-order valence-corrected chi connectivity index (χ3v) is 2.69. The van der Waals surface area contributed by atoms with Crippen LogP contribution >= 0.6 is 0 Å². The van der Waals surface area contributed by atoms with Crippen molar-refractivity contribution in [2.45, 2.75) is 37.8 Å². The second-order valence-corrected chi connectivity index (χ2v) is 4.54. The Kier molecular flexibility index (Phi) is 4.74. The van der Waals surface area contributed by atoms with Crippen molar-refractivity contribution in [1.82, 2.24) is 0 Å². The molecule has 0 aromatic rings. The van der Waals surface area contributed by atoms with Crippen LogP contribution in [0.15, 0.2) is 0 Å². The molecule has 0 bridgehead atoms. The van der Waals surface area contributed by atoms with Crippen molar-refractivity contribution in [3.63, 3.8) is 0 Å². The van der Waals surface area contributed by atoms with Crippen LogP contribution < -0.4 is 17.0 Å². The van der Waals surface area contributed by atoms with Crippen LogP contribution in [0.25, 0.3) is 0 Å². The van der Waals surface area contributed by atoms with E-state index in [9.17, 15) is 5.11 Å². The normalized spacial score (nSPS) is 31.0. The summed E-state index contributed by atoms with van der Waals surface area (Å²) >= 11 is 0. The van der Waals surface area contributed by atoms with E-state index in [1.807, 2.05) is 0 Å². The number of hydrogen-bond donors (Lipinski definition) is 1. The van der Waals surface area contributed by atoms with Gasteiger partial charge >= 0.3 is 0 Å². The van der Waals surface area contributed by atoms with E-state index in [4.69, 9.17) is 0 Å². The van der Waals surface area contributed by atoms with Gasteiger partial charge in [-0.2, -0.15) is 0 Å². The van der Waals surface area contributed by atoms with E-state index < -0.39 is 0 Å². The molecule has 2 nitrogen and oxygen atoms in total. The van der Waals surface area contributed by atoms with Crippen molar-refractivity contribution < 1.29 is 26.6 Å². The van der Waals surface area contributed by atoms with E-state index in [0.29, 0.717) is 6.04 Å². The molecule has 0 amide bonds. The second-order valence-electron chi connectivity index (χ2n) is 4.54. The van der Waals surface area contributed by atoms with Crippen molar-refractivity contribution in [2.24, 2.45) is 0 Å². The number of halogens is 1. The summed E-state index contributed by atoms with van der Waals surface area (Å²) in [6.45, 7) is 0. The smallest absolute Gasteiger partial charge is 0.115 e. The molecule has 1 rings (SSSR count). The van der Waals surface area contributed by atoms with Gasteiger partial charge in [0.15, 0.2) is 0 Å². The minimum absolute atomic E-state index is 0. The molecule has 1 fully saturated rings. The number of nitrogens with zero attached hydrogens (tertiary/aromatic N) is 1. The molecule has 2 unspecified atom stereocenters. The first-order chi connectivity index (χ1) is 5.02. The van der Waals surface area contributed by atoms with Crippen molar-refractivity contribution in [1.29, 1.82) is 0 Å². The summed E-state index contributed by atoms with van der Waals surface area (Å²) in [5.74, 6) is 0. The maximum Gasteiger partial charge on any atom is 0.115 e. The highest BCUT2D eigenvalue weighted by atomic mass is 79.9. The Morgan fingerprint density at radius 3 is 1.92 bits per heavy atom. The van der Waals surface area contributed by atoms with Gasteiger partial charge in [-0.05, 0) is 12.8 Å². The van der Waals surface area contributed by atoms with Crippen LogP contribution in [0.5, 0.6) is 0 Å². The molecule has 1 aliphatic rings. The largest absolute Gasteiger partial charge is 1.00 e. The predicted octanol–water partition coefficient (Wildman–Crippen LogP) is -2.00. The third-order valence-electron chi connectivity index (χ3n) is 2.69. The maximum absolute atomic E-state index is 9.69. The lowest BCUT2D eigenvalue weighted by Gasteiger charge is -2.39. The molecular formula is C9H20BrNO. The molecular weight excluding hydrogens is 218 g/mol. The number of aliphatic hydroxyl groups excluding tert-OH is 1. The molecule has 12 heavy (non-hydrogen) atoms. The van der Waals surface area contributed by atoms with E-state index in [-0.39, 0.29) is 23.1 Å². The summed E-state index contributed by atoms with van der Waals surface area (Å²) in [5.41, 5.74) is 0. The van der Waals surface area contributed by atoms with Gasteiger partial charge in [0.1, 0.15) is 12.1 Å². The van der Waals surface area contributed by atoms with E-state index in [0.717, 1.165) is 10.9 Å². The lowest BCUT2D eigenvalue weighted by atomic mass is 9.91. The fourth-order valence-corrected chi connectivity index (χ4v) is 2.00. The number of hydrogen-bond acceptors (Lipinski definition) is 1. The summed E-state index contributed by atoms with van der Waals surface area (Å²) in [6, 6.07) is 0.462. The third kappa shape index (κ3) is 3.04. The molecule has 0 aromatic carbocycles. The zero-order chi connectivity index (χ0) is 8.48. The minimum Gasteiger partial charge on any atom is -1.00 e. The molecule has 0 aliphatic heterocycles. The monoisotopic (exact) mass is 237 g/mol. The Hall–Kier alpha value is 0.400. The van der Waals surface area contributed by atoms with Gasteiger partial charge in [0, 0.05) is 6.42 Å². The van der Waals surface area contributed by atoms with Crippen molar-refractivity contribution in [3.8, 4) is 0 Å². The molecule has 3 heteroatoms. The fraction of sp³-hybridized carbons (Fsp3) is 1.00. The average Bonchev–Trinajstić information content (AvgIpc) is 1.86. The predicted molar refractivity (Wildman–Crippen MR) is 46.3 cm³/mol. The summed E-state index contributed by atoms with van der Waals surface area (Å²) < 4.78 is 0.904. The quantitative estimate of drug-likeness (QED) is 0.524. The zero-order valence-corrected chi connectivity index (χ0v) is 9.84. The first-order valence-electron chi connectivity index (χ1n) is 4.51. The van der Waals surface area contributed by atoms with Gasteiger partial charge in [0.2, 0.25) is 0 Å². The topological polar surface area (TPSA) is 20.2 Å². The van der Waals surface area contributed by atoms with Crippen LogP contribution in [0.1, 0.15) is 25.7 Å². The molecule has 1 N–H and O–H groups in total. The SMILES string of the molecule is C[N+](C)(C)C1CCCCC1O.[Br-]. The van der Waals surface area contributed by atoms with Gasteiger partial charge in [0.05, 0.1) is 21.1 Å². The van der Waals surface area contributed by atoms with Gasteiger partial charge in [-0.25, -0.2) is 0 Å². The Morgan fingerprint density at radius 2 is 1.58 bits per heavy atom. The molecule has 0 radical (unpaired) electrons. The van der Waals surface area contributed by atoms with Gasteiger partial charge in [-0.15, -0.1) is 0 Å². The van der Waals surface area contributed by atoms with Crippen molar-refractivity contribution >= 4 is 0 Å². The van der Waals surface area contributed by atoms with Crippen LogP contribution in [-0.2, 0) is 0 Å². The summed E-state index contributed by atoms with van der Waals surface area (Å²) in [4.78, 5) is 0. The van der Waals surface area contributed by atoms with E-state index in [2.05, 4.69) is 21.1 Å². The number of quaternary nitrogens is 1. The van der Waals surface area contributed by atoms with Gasteiger partial charge < -0.3 is 26.6 Å². The van der Waals surface area contributed by atoms with E-state index >= 15 is 0 Å². The average molecular weight is 238 g/mol. The summed E-state index contributed by atoms with van der Waals surface area (Å²) in [7, 11) is 6.50. The maximum atomic E-state index is 9.69. The molecule has 74 valence electrons. The fourth-order valence-electron chi connectivity index (χ4n) is 2.00. The Morgan fingerprint density at radius 1 is 1.08 bits per heavy atom. The van der Waals surface area contributed by atoms with Gasteiger partial charge in [-0.1, -0.05) is 6.42 Å². The van der Waals surface area contributed by atoms with Crippen LogP contribution in [0.2, 0.25) is 0 Å². The van der Waals surface area contributed by atoms with Crippen LogP contribution in [0.4, 0.5) is 0 Å². The van der Waals surface area contributed by atoms with E-state index in [1.165, 1.54) is 19.3 Å². The van der Waals surface area contributed by atoms with Crippen molar-refractivity contribution in [3.05, 3.63) is 0 Å². The van der Waals surface area contributed by atoms with Crippen molar-refractivity contribution in [2.75, 3.05) is 21.1 Å². The molecule has 2 atom stereocenters. The molecule has 0 saturated heterocycles. The number of aliphatic hydroxyl groups is 1. The molecule has 0 spiro atoms. The van der Waals surface area contributed by atoms with Crippen LogP contribution in [-0.4, -0.2) is 42.9 Å². The second kappa shape index (κ2) is 4.58. The molecule has 1 saturated carbocycles. The summed E-state index contributed by atoms with van der Waals surface area (Å²) in [6.07, 6.45) is 4.61. The number of rotatable bonds is 1. The molecule has 0 aromatic heterocycles. The highest BCUT2D eigenvalue weighted by molar-refractivity contribution is 4.74. The Balaban J connectivity index is 0.00000121. The Labute approximate surface area is 85.9 Å². The summed E-state index contributed by atoms with van der Waals surface area (Å²) in [5, 5.41) is 9.69. The first kappa shape index (κ1) is 12.4. The Bertz CT molecular complexity index is 133. The zero-order valence-electron chi connectivity index (χ0n) is 8.26. The standard InChI is InChI=1S/C9H20NO.BrH/c1-10(2,3)8-6-4-5-7-9(8)11;/h8-9,11H,4-7H2,1-3H3;1H/q+1;/p-1. The minimum atomic E-state index is -0.0660. The van der Waals surface area contributed by atoms with Crippen LogP contribution in [0, 0.1) is 0 Å². The lowest BCUT2D eigenvalue weighted by Crippen LogP contribution is -3.00. The van der Waals surface area contributed by atoms with Gasteiger partial charge in [0.25, 0.3) is 0 Å². The van der Waals surface area contributed by atoms with Crippen LogP contribution in [0.3, 0.4) is 0 Å². The highest BCUT2D eigenvalue weighted by Gasteiger charge is 2.33. The molecule has 0 heterocycles. The van der Waals surface area contributed by atoms with Gasteiger partial charge in [-0.3, -0.25) is 0 Å². The van der Waals surface area contributed by atoms with E-state index in [1.54, 1.807) is 0 Å². The molecule has 1 aliphatic carbocycles. The first-order valence-corrected chi connectivity index (χ1v) is 4.51. The number of likely N-dealkylation sites (N-methyl/N-ethyl adjacent to an activating group) is 1.